The third-order valence-corrected chi connectivity index (χ3v) is 5.99. The van der Waals surface area contributed by atoms with Crippen molar-refractivity contribution in [3.05, 3.63) is 35.1 Å². The fourth-order valence-corrected chi connectivity index (χ4v) is 5.43. The Bertz CT molecular complexity index is 578. The van der Waals surface area contributed by atoms with Crippen LogP contribution >= 0.6 is 0 Å². The molecule has 4 fully saturated rings. The number of nitrogens with one attached hydrogen (secondary N) is 1. The number of benzene rings is 1. The number of carboxylic acids is 1. The van der Waals surface area contributed by atoms with Gasteiger partial charge in [-0.25, -0.2) is 9.18 Å². The molecule has 0 atom stereocenters. The number of hydrogen-bond acceptors (Lipinski definition) is 2. The summed E-state index contributed by atoms with van der Waals surface area (Å²) in [5, 5.41) is 12.5. The lowest BCUT2D eigenvalue weighted by Gasteiger charge is -2.57. The summed E-state index contributed by atoms with van der Waals surface area (Å²) in [6.07, 6.45) is 7.86. The lowest BCUT2D eigenvalue weighted by molar-refractivity contribution is -0.0207. The van der Waals surface area contributed by atoms with E-state index in [-0.39, 0.29) is 11.1 Å². The highest BCUT2D eigenvalue weighted by molar-refractivity contribution is 5.87. The predicted octanol–water partition coefficient (Wildman–Crippen LogP) is 3.58. The molecule has 0 heterocycles. The maximum Gasteiger partial charge on any atom is 0.335 e. The van der Waals surface area contributed by atoms with E-state index in [0.29, 0.717) is 12.1 Å². The van der Waals surface area contributed by atoms with Gasteiger partial charge >= 0.3 is 5.97 Å². The Morgan fingerprint density at radius 2 is 1.77 bits per heavy atom. The van der Waals surface area contributed by atoms with Crippen molar-refractivity contribution in [2.24, 2.45) is 17.8 Å². The molecule has 0 unspecified atom stereocenters. The molecule has 5 rings (SSSR count). The molecule has 118 valence electrons. The van der Waals surface area contributed by atoms with Gasteiger partial charge < -0.3 is 10.4 Å². The first kappa shape index (κ1) is 14.2. The van der Waals surface area contributed by atoms with E-state index in [1.165, 1.54) is 44.6 Å². The number of carboxylic acid groups (broad SMARTS) is 1. The van der Waals surface area contributed by atoms with E-state index in [0.717, 1.165) is 23.8 Å². The van der Waals surface area contributed by atoms with Crippen LogP contribution in [0.25, 0.3) is 0 Å². The number of rotatable bonds is 4. The van der Waals surface area contributed by atoms with Crippen molar-refractivity contribution in [2.45, 2.75) is 50.6 Å². The summed E-state index contributed by atoms with van der Waals surface area (Å²) in [6.45, 7) is 0.498. The molecule has 4 aliphatic carbocycles. The Hall–Kier alpha value is -1.42. The molecule has 3 nitrogen and oxygen atoms in total. The molecule has 4 aliphatic rings. The van der Waals surface area contributed by atoms with Gasteiger partial charge in [-0.1, -0.05) is 6.07 Å². The second-order valence-corrected chi connectivity index (χ2v) is 7.66. The van der Waals surface area contributed by atoms with E-state index in [2.05, 4.69) is 5.32 Å². The highest BCUT2D eigenvalue weighted by Gasteiger charge is 2.50. The van der Waals surface area contributed by atoms with Gasteiger partial charge in [-0.2, -0.15) is 0 Å². The molecule has 0 saturated heterocycles. The van der Waals surface area contributed by atoms with Gasteiger partial charge in [0.15, 0.2) is 0 Å². The summed E-state index contributed by atoms with van der Waals surface area (Å²) < 4.78 is 14.1. The fraction of sp³-hybridized carbons (Fsp3) is 0.611. The second-order valence-electron chi connectivity index (χ2n) is 7.66. The van der Waals surface area contributed by atoms with E-state index < -0.39 is 11.8 Å². The molecule has 2 N–H and O–H groups in total. The number of hydrogen-bond donors (Lipinski definition) is 2. The lowest BCUT2D eigenvalue weighted by Crippen LogP contribution is -2.58. The molecule has 0 aliphatic heterocycles. The zero-order valence-corrected chi connectivity index (χ0v) is 12.6. The highest BCUT2D eigenvalue weighted by Crippen LogP contribution is 2.55. The topological polar surface area (TPSA) is 49.3 Å². The van der Waals surface area contributed by atoms with Crippen molar-refractivity contribution >= 4 is 5.97 Å². The molecular formula is C18H22FNO2. The summed E-state index contributed by atoms with van der Waals surface area (Å²) >= 11 is 0. The zero-order valence-electron chi connectivity index (χ0n) is 12.6. The fourth-order valence-electron chi connectivity index (χ4n) is 5.43. The summed E-state index contributed by atoms with van der Waals surface area (Å²) in [5.41, 5.74) is 0.781. The molecule has 0 radical (unpaired) electrons. The number of carbonyl (C=O) groups is 1. The van der Waals surface area contributed by atoms with Gasteiger partial charge in [0.1, 0.15) is 5.82 Å². The standard InChI is InChI=1S/C18H22FNO2/c19-16-6-14(17(21)22)1-2-15(16)10-20-18-7-11-3-12(8-18)5-13(4-11)9-18/h1-2,6,11-13,20H,3-5,7-10H2,(H,21,22). The molecule has 4 bridgehead atoms. The van der Waals surface area contributed by atoms with Crippen LogP contribution in [-0.4, -0.2) is 16.6 Å². The Balaban J connectivity index is 1.48. The Morgan fingerprint density at radius 3 is 2.27 bits per heavy atom. The van der Waals surface area contributed by atoms with E-state index in [9.17, 15) is 9.18 Å². The van der Waals surface area contributed by atoms with Crippen LogP contribution in [0.2, 0.25) is 0 Å². The number of halogens is 1. The lowest BCUT2D eigenvalue weighted by atomic mass is 9.53. The molecule has 4 heteroatoms. The van der Waals surface area contributed by atoms with Crippen LogP contribution < -0.4 is 5.32 Å². The second kappa shape index (κ2) is 5.05. The van der Waals surface area contributed by atoms with E-state index in [1.807, 2.05) is 0 Å². The van der Waals surface area contributed by atoms with Gasteiger partial charge in [0.2, 0.25) is 0 Å². The Kier molecular flexibility index (Phi) is 3.26. The summed E-state index contributed by atoms with van der Waals surface area (Å²) in [5.74, 6) is 1.07. The van der Waals surface area contributed by atoms with Gasteiger partial charge in [0, 0.05) is 17.6 Å². The zero-order chi connectivity index (χ0) is 15.3. The molecule has 4 saturated carbocycles. The smallest absolute Gasteiger partial charge is 0.335 e. The summed E-state index contributed by atoms with van der Waals surface area (Å²) in [6, 6.07) is 4.22. The molecule has 0 spiro atoms. The number of aromatic carboxylic acids is 1. The minimum absolute atomic E-state index is 0.0102. The van der Waals surface area contributed by atoms with Crippen molar-refractivity contribution in [3.63, 3.8) is 0 Å². The first-order chi connectivity index (χ1) is 10.5. The normalized spacial score (nSPS) is 35.8. The van der Waals surface area contributed by atoms with Gasteiger partial charge in [0.25, 0.3) is 0 Å². The quantitative estimate of drug-likeness (QED) is 0.894. The minimum Gasteiger partial charge on any atom is -0.478 e. The third kappa shape index (κ3) is 2.43. The molecule has 1 aromatic rings. The van der Waals surface area contributed by atoms with Crippen LogP contribution in [0.5, 0.6) is 0 Å². The largest absolute Gasteiger partial charge is 0.478 e. The van der Waals surface area contributed by atoms with Crippen molar-refractivity contribution in [1.29, 1.82) is 0 Å². The maximum absolute atomic E-state index is 14.1. The molecule has 1 aromatic carbocycles. The highest BCUT2D eigenvalue weighted by atomic mass is 19.1. The van der Waals surface area contributed by atoms with Crippen molar-refractivity contribution in [1.82, 2.24) is 5.32 Å². The Morgan fingerprint density at radius 1 is 1.18 bits per heavy atom. The predicted molar refractivity (Wildman–Crippen MR) is 81.1 cm³/mol. The van der Waals surface area contributed by atoms with E-state index in [4.69, 9.17) is 5.11 Å². The van der Waals surface area contributed by atoms with Crippen LogP contribution in [0, 0.1) is 23.6 Å². The maximum atomic E-state index is 14.1. The van der Waals surface area contributed by atoms with E-state index >= 15 is 0 Å². The first-order valence-corrected chi connectivity index (χ1v) is 8.30. The van der Waals surface area contributed by atoms with Crippen molar-refractivity contribution in [2.75, 3.05) is 0 Å². The minimum atomic E-state index is -1.08. The van der Waals surface area contributed by atoms with Gasteiger partial charge in [0.05, 0.1) is 5.56 Å². The monoisotopic (exact) mass is 303 g/mol. The van der Waals surface area contributed by atoms with Crippen LogP contribution in [0.1, 0.15) is 54.4 Å². The molecule has 22 heavy (non-hydrogen) atoms. The third-order valence-electron chi connectivity index (χ3n) is 5.99. The van der Waals surface area contributed by atoms with Crippen LogP contribution in [0.4, 0.5) is 4.39 Å². The van der Waals surface area contributed by atoms with Crippen LogP contribution in [0.3, 0.4) is 0 Å². The van der Waals surface area contributed by atoms with Crippen LogP contribution in [0.15, 0.2) is 18.2 Å². The summed E-state index contributed by atoms with van der Waals surface area (Å²) in [4.78, 5) is 10.9. The van der Waals surface area contributed by atoms with Gasteiger partial charge in [-0.15, -0.1) is 0 Å². The summed E-state index contributed by atoms with van der Waals surface area (Å²) in [7, 11) is 0. The molecular weight excluding hydrogens is 281 g/mol. The molecule has 0 aromatic heterocycles. The van der Waals surface area contributed by atoms with Crippen molar-refractivity contribution in [3.8, 4) is 0 Å². The first-order valence-electron chi connectivity index (χ1n) is 8.30. The van der Waals surface area contributed by atoms with Crippen molar-refractivity contribution < 1.29 is 14.3 Å². The SMILES string of the molecule is O=C(O)c1ccc(CNC23CC4CC(CC(C4)C2)C3)c(F)c1. The van der Waals surface area contributed by atoms with Gasteiger partial charge in [-0.05, 0) is 68.4 Å². The average Bonchev–Trinajstić information content (AvgIpc) is 2.44. The van der Waals surface area contributed by atoms with Crippen LogP contribution in [-0.2, 0) is 6.54 Å². The van der Waals surface area contributed by atoms with Gasteiger partial charge in [-0.3, -0.25) is 0 Å². The average molecular weight is 303 g/mol. The molecule has 0 amide bonds. The van der Waals surface area contributed by atoms with E-state index in [1.54, 1.807) is 6.07 Å². The Labute approximate surface area is 129 Å².